The fraction of sp³-hybridized carbons (Fsp3) is 0.429. The predicted molar refractivity (Wildman–Crippen MR) is 102 cm³/mol. The number of nitrogens with zero attached hydrogens (tertiary/aromatic N) is 1. The third-order valence-corrected chi connectivity index (χ3v) is 4.84. The summed E-state index contributed by atoms with van der Waals surface area (Å²) in [5.74, 6) is -0.307. The van der Waals surface area contributed by atoms with Crippen LogP contribution in [0.3, 0.4) is 0 Å². The Balaban J connectivity index is 1.46. The lowest BCUT2D eigenvalue weighted by Crippen LogP contribution is -2.34. The van der Waals surface area contributed by atoms with Gasteiger partial charge in [0, 0.05) is 12.6 Å². The van der Waals surface area contributed by atoms with Gasteiger partial charge in [0.15, 0.2) is 0 Å². The van der Waals surface area contributed by atoms with Gasteiger partial charge in [-0.2, -0.15) is 0 Å². The minimum atomic E-state index is -0.219. The second-order valence-corrected chi connectivity index (χ2v) is 6.90. The number of halogens is 1. The fourth-order valence-corrected chi connectivity index (χ4v) is 3.32. The van der Waals surface area contributed by atoms with Gasteiger partial charge >= 0.3 is 0 Å². The van der Waals surface area contributed by atoms with E-state index < -0.39 is 0 Å². The Bertz CT molecular complexity index is 692. The Morgan fingerprint density at radius 1 is 1.04 bits per heavy atom. The molecule has 0 saturated heterocycles. The average Bonchev–Trinajstić information content (AvgIpc) is 2.92. The smallest absolute Gasteiger partial charge is 0.270 e. The summed E-state index contributed by atoms with van der Waals surface area (Å²) in [5.41, 5.74) is 2.41. The van der Waals surface area contributed by atoms with Crippen molar-refractivity contribution in [2.75, 3.05) is 11.9 Å². The maximum atomic E-state index is 12.9. The monoisotopic (exact) mass is 355 g/mol. The third kappa shape index (κ3) is 5.55. The summed E-state index contributed by atoms with van der Waals surface area (Å²) in [4.78, 5) is 16.6. The number of benzene rings is 1. The molecule has 1 amide bonds. The molecule has 1 aromatic heterocycles. The highest BCUT2D eigenvalue weighted by Gasteiger charge is 2.16. The van der Waals surface area contributed by atoms with Crippen molar-refractivity contribution in [3.8, 4) is 0 Å². The van der Waals surface area contributed by atoms with Crippen LogP contribution in [-0.4, -0.2) is 23.5 Å². The topological polar surface area (TPSA) is 54.0 Å². The van der Waals surface area contributed by atoms with E-state index in [1.54, 1.807) is 24.4 Å². The normalized spacial score (nSPS) is 15.3. The molecule has 1 aromatic carbocycles. The Hall–Kier alpha value is -2.43. The first-order valence-corrected chi connectivity index (χ1v) is 9.46. The van der Waals surface area contributed by atoms with E-state index >= 15 is 0 Å². The van der Waals surface area contributed by atoms with Crippen LogP contribution in [0.25, 0.3) is 0 Å². The van der Waals surface area contributed by atoms with Gasteiger partial charge < -0.3 is 10.6 Å². The number of rotatable bonds is 6. The second kappa shape index (κ2) is 9.32. The highest BCUT2D eigenvalue weighted by Crippen LogP contribution is 2.17. The number of carbonyl (C=O) groups excluding carboxylic acids is 1. The molecule has 5 heteroatoms. The van der Waals surface area contributed by atoms with Crippen molar-refractivity contribution in [2.45, 2.75) is 51.0 Å². The van der Waals surface area contributed by atoms with Gasteiger partial charge in [-0.05, 0) is 49.1 Å². The molecule has 1 aliphatic rings. The molecule has 0 radical (unpaired) electrons. The quantitative estimate of drug-likeness (QED) is 0.759. The molecule has 3 rings (SSSR count). The summed E-state index contributed by atoms with van der Waals surface area (Å²) in [6.07, 6.45) is 9.52. The molecule has 4 nitrogen and oxygen atoms in total. The molecular weight excluding hydrogens is 329 g/mol. The zero-order valence-electron chi connectivity index (χ0n) is 15.0. The average molecular weight is 355 g/mol. The summed E-state index contributed by atoms with van der Waals surface area (Å²) in [6, 6.07) is 10.4. The van der Waals surface area contributed by atoms with Gasteiger partial charge in [-0.3, -0.25) is 4.79 Å². The lowest BCUT2D eigenvalue weighted by molar-refractivity contribution is 0.0928. The molecule has 26 heavy (non-hydrogen) atoms. The molecule has 2 aromatic rings. The Morgan fingerprint density at radius 2 is 1.77 bits per heavy atom. The van der Waals surface area contributed by atoms with Crippen LogP contribution in [-0.2, 0) is 6.42 Å². The molecule has 2 N–H and O–H groups in total. The lowest BCUT2D eigenvalue weighted by Gasteiger charge is -2.16. The number of anilines is 1. The first-order valence-electron chi connectivity index (χ1n) is 9.46. The molecule has 0 unspecified atom stereocenters. The van der Waals surface area contributed by atoms with E-state index in [0.29, 0.717) is 5.69 Å². The van der Waals surface area contributed by atoms with Gasteiger partial charge in [0.25, 0.3) is 5.91 Å². The van der Waals surface area contributed by atoms with Crippen molar-refractivity contribution >= 4 is 11.6 Å². The Kier molecular flexibility index (Phi) is 6.58. The van der Waals surface area contributed by atoms with Gasteiger partial charge in [-0.1, -0.05) is 37.8 Å². The summed E-state index contributed by atoms with van der Waals surface area (Å²) < 4.78 is 12.9. The number of nitrogens with one attached hydrogen (secondary N) is 2. The standard InChI is InChI=1S/C21H26FN3O/c22-17-9-7-16(8-10-17)13-14-23-19-11-12-20(24-15-19)21(26)25-18-5-3-1-2-4-6-18/h7-12,15,18,23H,1-6,13-14H2,(H,25,26). The predicted octanol–water partition coefficient (Wildman–Crippen LogP) is 4.33. The largest absolute Gasteiger partial charge is 0.383 e. The number of pyridine rings is 1. The number of aromatic nitrogens is 1. The van der Waals surface area contributed by atoms with Crippen LogP contribution in [0, 0.1) is 5.82 Å². The Labute approximate surface area is 154 Å². The van der Waals surface area contributed by atoms with Gasteiger partial charge in [-0.15, -0.1) is 0 Å². The van der Waals surface area contributed by atoms with Crippen LogP contribution >= 0.6 is 0 Å². The first-order chi connectivity index (χ1) is 12.7. The van der Waals surface area contributed by atoms with E-state index in [0.717, 1.165) is 37.1 Å². The fourth-order valence-electron chi connectivity index (χ4n) is 3.32. The van der Waals surface area contributed by atoms with Crippen molar-refractivity contribution in [3.05, 3.63) is 59.7 Å². The van der Waals surface area contributed by atoms with Crippen LogP contribution in [0.2, 0.25) is 0 Å². The minimum Gasteiger partial charge on any atom is -0.383 e. The molecule has 1 fully saturated rings. The van der Waals surface area contributed by atoms with Crippen LogP contribution in [0.4, 0.5) is 10.1 Å². The zero-order chi connectivity index (χ0) is 18.2. The number of hydrogen-bond acceptors (Lipinski definition) is 3. The van der Waals surface area contributed by atoms with Crippen molar-refractivity contribution in [3.63, 3.8) is 0 Å². The molecule has 0 aliphatic heterocycles. The molecule has 1 aliphatic carbocycles. The van der Waals surface area contributed by atoms with E-state index in [-0.39, 0.29) is 17.8 Å². The molecule has 138 valence electrons. The maximum absolute atomic E-state index is 12.9. The van der Waals surface area contributed by atoms with Crippen molar-refractivity contribution in [1.29, 1.82) is 0 Å². The van der Waals surface area contributed by atoms with Crippen molar-refractivity contribution in [1.82, 2.24) is 10.3 Å². The van der Waals surface area contributed by atoms with E-state index in [4.69, 9.17) is 0 Å². The van der Waals surface area contributed by atoms with E-state index in [1.165, 1.54) is 37.8 Å². The van der Waals surface area contributed by atoms with Crippen LogP contribution in [0.15, 0.2) is 42.6 Å². The van der Waals surface area contributed by atoms with Crippen LogP contribution in [0.5, 0.6) is 0 Å². The summed E-state index contributed by atoms with van der Waals surface area (Å²) in [5, 5.41) is 6.39. The number of hydrogen-bond donors (Lipinski definition) is 2. The lowest BCUT2D eigenvalue weighted by atomic mass is 10.1. The third-order valence-electron chi connectivity index (χ3n) is 4.84. The van der Waals surface area contributed by atoms with Crippen molar-refractivity contribution in [2.24, 2.45) is 0 Å². The Morgan fingerprint density at radius 3 is 2.42 bits per heavy atom. The summed E-state index contributed by atoms with van der Waals surface area (Å²) >= 11 is 0. The van der Waals surface area contributed by atoms with Gasteiger partial charge in [0.2, 0.25) is 0 Å². The van der Waals surface area contributed by atoms with Gasteiger partial charge in [-0.25, -0.2) is 9.37 Å². The molecular formula is C21H26FN3O. The molecule has 0 spiro atoms. The minimum absolute atomic E-state index is 0.0882. The van der Waals surface area contributed by atoms with Crippen molar-refractivity contribution < 1.29 is 9.18 Å². The van der Waals surface area contributed by atoms with E-state index in [9.17, 15) is 9.18 Å². The second-order valence-electron chi connectivity index (χ2n) is 6.90. The first kappa shape index (κ1) is 18.4. The zero-order valence-corrected chi connectivity index (χ0v) is 15.0. The van der Waals surface area contributed by atoms with Gasteiger partial charge in [0.1, 0.15) is 11.5 Å². The number of carbonyl (C=O) groups is 1. The molecule has 0 atom stereocenters. The highest BCUT2D eigenvalue weighted by molar-refractivity contribution is 5.92. The van der Waals surface area contributed by atoms with Crippen LogP contribution < -0.4 is 10.6 Å². The maximum Gasteiger partial charge on any atom is 0.270 e. The molecule has 1 heterocycles. The SMILES string of the molecule is O=C(NC1CCCCCC1)c1ccc(NCCc2ccc(F)cc2)cn1. The number of amides is 1. The molecule has 1 saturated carbocycles. The van der Waals surface area contributed by atoms with E-state index in [2.05, 4.69) is 15.6 Å². The van der Waals surface area contributed by atoms with Gasteiger partial charge in [0.05, 0.1) is 11.9 Å². The van der Waals surface area contributed by atoms with E-state index in [1.807, 2.05) is 6.07 Å². The highest BCUT2D eigenvalue weighted by atomic mass is 19.1. The summed E-state index contributed by atoms with van der Waals surface area (Å²) in [6.45, 7) is 0.723. The van der Waals surface area contributed by atoms with Crippen LogP contribution in [0.1, 0.15) is 54.6 Å². The summed E-state index contributed by atoms with van der Waals surface area (Å²) in [7, 11) is 0. The molecule has 0 bridgehead atoms.